The summed E-state index contributed by atoms with van der Waals surface area (Å²) in [5.74, 6) is -1.24. The summed E-state index contributed by atoms with van der Waals surface area (Å²) in [5, 5.41) is 15.0. The normalized spacial score (nSPS) is 18.7. The van der Waals surface area contributed by atoms with E-state index in [4.69, 9.17) is 4.74 Å². The average molecular weight is 463 g/mol. The Morgan fingerprint density at radius 2 is 1.59 bits per heavy atom. The zero-order valence-electron chi connectivity index (χ0n) is 19.1. The van der Waals surface area contributed by atoms with Crippen LogP contribution < -0.4 is 10.6 Å². The van der Waals surface area contributed by atoms with E-state index in [9.17, 15) is 19.5 Å². The van der Waals surface area contributed by atoms with Crippen molar-refractivity contribution in [2.24, 2.45) is 5.41 Å². The van der Waals surface area contributed by atoms with Gasteiger partial charge in [0, 0.05) is 18.9 Å². The highest BCUT2D eigenvalue weighted by Crippen LogP contribution is 2.60. The van der Waals surface area contributed by atoms with Crippen molar-refractivity contribution in [1.29, 1.82) is 0 Å². The zero-order valence-corrected chi connectivity index (χ0v) is 19.1. The Morgan fingerprint density at radius 3 is 2.15 bits per heavy atom. The minimum atomic E-state index is -1.11. The van der Waals surface area contributed by atoms with Gasteiger partial charge in [-0.3, -0.25) is 4.79 Å². The lowest BCUT2D eigenvalue weighted by Crippen LogP contribution is -2.68. The van der Waals surface area contributed by atoms with Crippen LogP contribution in [0.4, 0.5) is 4.79 Å². The number of ether oxygens (including phenoxy) is 1. The Balaban J connectivity index is 1.05. The first kappa shape index (κ1) is 22.4. The first-order valence-electron chi connectivity index (χ1n) is 12.0. The van der Waals surface area contributed by atoms with Crippen LogP contribution in [0.5, 0.6) is 0 Å². The van der Waals surface area contributed by atoms with Gasteiger partial charge in [-0.25, -0.2) is 9.59 Å². The maximum atomic E-state index is 12.3. The lowest BCUT2D eigenvalue weighted by molar-refractivity contribution is -0.165. The minimum Gasteiger partial charge on any atom is -0.480 e. The molecule has 0 atom stereocenters. The van der Waals surface area contributed by atoms with Crippen molar-refractivity contribution in [3.05, 3.63) is 59.7 Å². The third-order valence-corrected chi connectivity index (χ3v) is 7.75. The van der Waals surface area contributed by atoms with E-state index in [1.165, 1.54) is 11.1 Å². The van der Waals surface area contributed by atoms with Crippen LogP contribution in [-0.2, 0) is 14.3 Å². The molecule has 3 N–H and O–H groups in total. The molecule has 7 heteroatoms. The monoisotopic (exact) mass is 462 g/mol. The Morgan fingerprint density at radius 1 is 0.971 bits per heavy atom. The third-order valence-electron chi connectivity index (χ3n) is 7.75. The van der Waals surface area contributed by atoms with Gasteiger partial charge in [-0.15, -0.1) is 0 Å². The van der Waals surface area contributed by atoms with E-state index < -0.39 is 17.6 Å². The number of nitrogens with one attached hydrogen (secondary N) is 2. The van der Waals surface area contributed by atoms with Crippen LogP contribution in [-0.4, -0.2) is 41.8 Å². The number of benzene rings is 2. The Labute approximate surface area is 198 Å². The molecule has 2 fully saturated rings. The molecule has 0 saturated heterocycles. The lowest BCUT2D eigenvalue weighted by atomic mass is 9.48. The van der Waals surface area contributed by atoms with Gasteiger partial charge in [0.2, 0.25) is 5.91 Å². The van der Waals surface area contributed by atoms with E-state index in [1.54, 1.807) is 0 Å². The maximum absolute atomic E-state index is 12.3. The first-order valence-corrected chi connectivity index (χ1v) is 12.0. The highest BCUT2D eigenvalue weighted by atomic mass is 16.5. The second kappa shape index (κ2) is 8.78. The quantitative estimate of drug-likeness (QED) is 0.510. The molecule has 0 unspecified atom stereocenters. The van der Waals surface area contributed by atoms with Gasteiger partial charge in [-0.2, -0.15) is 0 Å². The van der Waals surface area contributed by atoms with Gasteiger partial charge in [0.05, 0.1) is 0 Å². The Hall–Kier alpha value is -3.35. The van der Waals surface area contributed by atoms with Crippen LogP contribution in [0, 0.1) is 5.41 Å². The van der Waals surface area contributed by atoms with Gasteiger partial charge in [0.15, 0.2) is 0 Å². The fourth-order valence-corrected chi connectivity index (χ4v) is 5.97. The van der Waals surface area contributed by atoms with Crippen LogP contribution in [0.3, 0.4) is 0 Å². The summed E-state index contributed by atoms with van der Waals surface area (Å²) in [6, 6.07) is 16.3. The highest BCUT2D eigenvalue weighted by molar-refractivity contribution is 5.88. The SMILES string of the molecule is O=C(CCCNC(=O)OCC1c2ccccc2-c2ccccc21)NC1(C(=O)O)CC2(CCC2)C1. The number of carboxylic acids is 1. The molecule has 0 bridgehead atoms. The molecule has 2 saturated carbocycles. The molecule has 7 nitrogen and oxygen atoms in total. The molecular weight excluding hydrogens is 432 g/mol. The molecule has 0 aliphatic heterocycles. The predicted octanol–water partition coefficient (Wildman–Crippen LogP) is 4.21. The van der Waals surface area contributed by atoms with Crippen molar-refractivity contribution in [2.75, 3.05) is 13.2 Å². The van der Waals surface area contributed by atoms with Gasteiger partial charge in [0.1, 0.15) is 12.1 Å². The molecule has 0 aromatic heterocycles. The van der Waals surface area contributed by atoms with E-state index in [0.717, 1.165) is 30.4 Å². The summed E-state index contributed by atoms with van der Waals surface area (Å²) in [4.78, 5) is 36.3. The first-order chi connectivity index (χ1) is 16.4. The Bertz CT molecular complexity index is 1070. The minimum absolute atomic E-state index is 0.00225. The number of carboxylic acid groups (broad SMARTS) is 1. The number of hydrogen-bond donors (Lipinski definition) is 3. The smallest absolute Gasteiger partial charge is 0.407 e. The van der Waals surface area contributed by atoms with E-state index in [2.05, 4.69) is 34.9 Å². The summed E-state index contributed by atoms with van der Waals surface area (Å²) in [7, 11) is 0. The van der Waals surface area contributed by atoms with Gasteiger partial charge in [-0.1, -0.05) is 55.0 Å². The molecule has 2 amide bonds. The van der Waals surface area contributed by atoms with Gasteiger partial charge < -0.3 is 20.5 Å². The van der Waals surface area contributed by atoms with Crippen molar-refractivity contribution >= 4 is 18.0 Å². The summed E-state index contributed by atoms with van der Waals surface area (Å²) < 4.78 is 5.50. The molecule has 34 heavy (non-hydrogen) atoms. The van der Waals surface area contributed by atoms with Crippen molar-refractivity contribution in [3.63, 3.8) is 0 Å². The number of rotatable bonds is 8. The van der Waals surface area contributed by atoms with Crippen LogP contribution >= 0.6 is 0 Å². The molecule has 3 aliphatic rings. The van der Waals surface area contributed by atoms with Crippen LogP contribution in [0.15, 0.2) is 48.5 Å². The van der Waals surface area contributed by atoms with Crippen molar-refractivity contribution in [2.45, 2.75) is 56.4 Å². The lowest BCUT2D eigenvalue weighted by Gasteiger charge is -2.59. The second-order valence-electron chi connectivity index (χ2n) is 10.00. The number of carbonyl (C=O) groups is 3. The standard InChI is InChI=1S/C27H30N2O5/c30-23(29-27(24(31)32)16-26(17-27)12-6-13-26)11-5-14-28-25(33)34-15-22-20-9-3-1-7-18(20)19-8-2-4-10-21(19)22/h1-4,7-10,22H,5-6,11-17H2,(H,28,33)(H,29,30)(H,31,32). The van der Waals surface area contributed by atoms with E-state index in [1.807, 2.05) is 24.3 Å². The third kappa shape index (κ3) is 4.04. The van der Waals surface area contributed by atoms with Gasteiger partial charge in [-0.05, 0) is 59.8 Å². The number of carbonyl (C=O) groups excluding carboxylic acids is 2. The molecule has 2 aromatic carbocycles. The molecular formula is C27H30N2O5. The molecule has 178 valence electrons. The maximum Gasteiger partial charge on any atom is 0.407 e. The predicted molar refractivity (Wildman–Crippen MR) is 126 cm³/mol. The molecule has 3 aliphatic carbocycles. The second-order valence-corrected chi connectivity index (χ2v) is 10.00. The molecule has 0 heterocycles. The summed E-state index contributed by atoms with van der Waals surface area (Å²) in [6.07, 6.45) is 4.37. The largest absolute Gasteiger partial charge is 0.480 e. The molecule has 0 radical (unpaired) electrons. The summed E-state index contributed by atoms with van der Waals surface area (Å²) >= 11 is 0. The highest BCUT2D eigenvalue weighted by Gasteiger charge is 2.61. The van der Waals surface area contributed by atoms with Gasteiger partial charge in [0.25, 0.3) is 0 Å². The van der Waals surface area contributed by atoms with Crippen LogP contribution in [0.2, 0.25) is 0 Å². The zero-order chi connectivity index (χ0) is 23.8. The van der Waals surface area contributed by atoms with Crippen molar-refractivity contribution in [3.8, 4) is 11.1 Å². The summed E-state index contributed by atoms with van der Waals surface area (Å²) in [6.45, 7) is 0.525. The fraction of sp³-hybridized carbons (Fsp3) is 0.444. The number of amides is 2. The molecule has 2 aromatic rings. The van der Waals surface area contributed by atoms with Gasteiger partial charge >= 0.3 is 12.1 Å². The van der Waals surface area contributed by atoms with Crippen LogP contribution in [0.25, 0.3) is 11.1 Å². The average Bonchev–Trinajstić information content (AvgIpc) is 3.10. The van der Waals surface area contributed by atoms with Crippen molar-refractivity contribution in [1.82, 2.24) is 10.6 Å². The molecule has 5 rings (SSSR count). The number of alkyl carbamates (subject to hydrolysis) is 1. The summed E-state index contributed by atoms with van der Waals surface area (Å²) in [5.41, 5.74) is 3.68. The topological polar surface area (TPSA) is 105 Å². The Kier molecular flexibility index (Phi) is 5.80. The fourth-order valence-electron chi connectivity index (χ4n) is 5.97. The number of aliphatic carboxylic acids is 1. The van der Waals surface area contributed by atoms with E-state index in [0.29, 0.717) is 19.3 Å². The van der Waals surface area contributed by atoms with Crippen molar-refractivity contribution < 1.29 is 24.2 Å². The number of hydrogen-bond acceptors (Lipinski definition) is 4. The molecule has 1 spiro atoms. The van der Waals surface area contributed by atoms with E-state index >= 15 is 0 Å². The number of fused-ring (bicyclic) bond motifs is 3. The van der Waals surface area contributed by atoms with E-state index in [-0.39, 0.29) is 36.8 Å². The van der Waals surface area contributed by atoms with Crippen LogP contribution in [0.1, 0.15) is 62.0 Å².